The Kier molecular flexibility index (Phi) is 8.63. The minimum absolute atomic E-state index is 0.440. The van der Waals surface area contributed by atoms with Crippen LogP contribution in [0.3, 0.4) is 0 Å². The molecule has 0 bridgehead atoms. The molecule has 0 amide bonds. The van der Waals surface area contributed by atoms with E-state index >= 15 is 0 Å². The maximum absolute atomic E-state index is 6.49. The summed E-state index contributed by atoms with van der Waals surface area (Å²) >= 11 is 0. The minimum Gasteiger partial charge on any atom is -0.343 e. The number of hydrogen-bond acceptors (Lipinski definition) is 3. The van der Waals surface area contributed by atoms with E-state index in [-0.39, 0.29) is 0 Å². The van der Waals surface area contributed by atoms with Crippen LogP contribution in [-0.2, 0) is 22.3 Å². The van der Waals surface area contributed by atoms with Gasteiger partial charge in [-0.3, -0.25) is 4.98 Å². The highest BCUT2D eigenvalue weighted by molar-refractivity contribution is 7.68. The lowest BCUT2D eigenvalue weighted by Gasteiger charge is -2.19. The van der Waals surface area contributed by atoms with Crippen LogP contribution in [0.1, 0.15) is 11.4 Å². The highest BCUT2D eigenvalue weighted by atomic mass is 31.1. The Morgan fingerprint density at radius 2 is 0.694 bits per heavy atom. The standard InChI is InChI=1S/C31H27NO2P2/c1-5-16-28(17-6-1)35(29-18-7-2-8-19-29)33-24-26-14-13-15-27(32-26)25-34-36(30-20-9-3-10-21-30)31-22-11-4-12-23-31/h1-23H,24-25H2. The summed E-state index contributed by atoms with van der Waals surface area (Å²) < 4.78 is 13.0. The third-order valence-electron chi connectivity index (χ3n) is 5.51. The SMILES string of the molecule is c1ccc(P(OCc2cccc(COP(c3ccccc3)c3ccccc3)n2)c2ccccc2)cc1. The van der Waals surface area contributed by atoms with E-state index in [0.717, 1.165) is 11.4 Å². The van der Waals surface area contributed by atoms with Gasteiger partial charge in [-0.15, -0.1) is 0 Å². The average Bonchev–Trinajstić information content (AvgIpc) is 2.96. The molecule has 0 saturated heterocycles. The molecular formula is C31H27NO2P2. The van der Waals surface area contributed by atoms with Crippen molar-refractivity contribution in [3.63, 3.8) is 0 Å². The Labute approximate surface area is 215 Å². The van der Waals surface area contributed by atoms with E-state index < -0.39 is 16.3 Å². The van der Waals surface area contributed by atoms with Crippen LogP contribution in [0.25, 0.3) is 0 Å². The van der Waals surface area contributed by atoms with E-state index in [0.29, 0.717) is 13.2 Å². The molecule has 0 saturated carbocycles. The van der Waals surface area contributed by atoms with Crippen molar-refractivity contribution in [1.29, 1.82) is 0 Å². The first-order chi connectivity index (χ1) is 17.9. The molecule has 0 unspecified atom stereocenters. The first-order valence-electron chi connectivity index (χ1n) is 11.9. The molecule has 178 valence electrons. The minimum atomic E-state index is -0.931. The van der Waals surface area contributed by atoms with Gasteiger partial charge in [0.25, 0.3) is 0 Å². The predicted octanol–water partition coefficient (Wildman–Crippen LogP) is 6.21. The van der Waals surface area contributed by atoms with Crippen molar-refractivity contribution in [2.24, 2.45) is 0 Å². The largest absolute Gasteiger partial charge is 0.343 e. The van der Waals surface area contributed by atoms with E-state index in [1.165, 1.54) is 21.2 Å². The number of hydrogen-bond donors (Lipinski definition) is 0. The Balaban J connectivity index is 1.30. The van der Waals surface area contributed by atoms with Crippen molar-refractivity contribution in [1.82, 2.24) is 4.98 Å². The van der Waals surface area contributed by atoms with Crippen LogP contribution in [0.4, 0.5) is 0 Å². The number of rotatable bonds is 10. The molecule has 0 aliphatic heterocycles. The summed E-state index contributed by atoms with van der Waals surface area (Å²) in [7, 11) is -1.86. The van der Waals surface area contributed by atoms with Crippen molar-refractivity contribution < 1.29 is 9.05 Å². The summed E-state index contributed by atoms with van der Waals surface area (Å²) in [6.07, 6.45) is 0. The van der Waals surface area contributed by atoms with Gasteiger partial charge in [0.1, 0.15) is 0 Å². The Morgan fingerprint density at radius 3 is 1.00 bits per heavy atom. The van der Waals surface area contributed by atoms with Crippen LogP contribution in [0, 0.1) is 0 Å². The van der Waals surface area contributed by atoms with Crippen LogP contribution in [0.5, 0.6) is 0 Å². The average molecular weight is 508 g/mol. The number of aromatic nitrogens is 1. The second-order valence-electron chi connectivity index (χ2n) is 8.10. The van der Waals surface area contributed by atoms with E-state index in [1.807, 2.05) is 42.5 Å². The van der Waals surface area contributed by atoms with Crippen molar-refractivity contribution in [3.8, 4) is 0 Å². The van der Waals surface area contributed by atoms with Gasteiger partial charge in [0.05, 0.1) is 40.9 Å². The van der Waals surface area contributed by atoms with E-state index in [9.17, 15) is 0 Å². The van der Waals surface area contributed by atoms with Gasteiger partial charge in [-0.25, -0.2) is 0 Å². The molecule has 0 N–H and O–H groups in total. The molecule has 1 aromatic heterocycles. The second kappa shape index (κ2) is 12.7. The molecular weight excluding hydrogens is 480 g/mol. The molecule has 0 fully saturated rings. The molecule has 0 radical (unpaired) electrons. The fourth-order valence-corrected chi connectivity index (χ4v) is 7.29. The zero-order valence-corrected chi connectivity index (χ0v) is 21.6. The van der Waals surface area contributed by atoms with Gasteiger partial charge in [0.2, 0.25) is 0 Å². The summed E-state index contributed by atoms with van der Waals surface area (Å²) in [5.41, 5.74) is 1.80. The van der Waals surface area contributed by atoms with E-state index in [2.05, 4.69) is 97.1 Å². The highest BCUT2D eigenvalue weighted by Crippen LogP contribution is 2.37. The van der Waals surface area contributed by atoms with E-state index in [4.69, 9.17) is 14.0 Å². The second-order valence-corrected chi connectivity index (χ2v) is 11.9. The molecule has 0 aliphatic carbocycles. The molecule has 5 rings (SSSR count). The Hall–Kier alpha value is -3.19. The van der Waals surface area contributed by atoms with Crippen LogP contribution in [0.15, 0.2) is 140 Å². The van der Waals surface area contributed by atoms with Crippen LogP contribution < -0.4 is 21.2 Å². The Morgan fingerprint density at radius 1 is 0.389 bits per heavy atom. The zero-order valence-electron chi connectivity index (χ0n) is 19.9. The summed E-state index contributed by atoms with van der Waals surface area (Å²) in [5.74, 6) is 0. The lowest BCUT2D eigenvalue weighted by Crippen LogP contribution is -2.14. The quantitative estimate of drug-likeness (QED) is 0.211. The lowest BCUT2D eigenvalue weighted by atomic mass is 10.3. The Bertz CT molecular complexity index is 1160. The zero-order chi connectivity index (χ0) is 24.4. The molecule has 1 heterocycles. The predicted molar refractivity (Wildman–Crippen MR) is 152 cm³/mol. The third kappa shape index (κ3) is 6.52. The smallest absolute Gasteiger partial charge is 0.0939 e. The first kappa shape index (κ1) is 24.5. The van der Waals surface area contributed by atoms with Crippen LogP contribution >= 0.6 is 16.3 Å². The maximum Gasteiger partial charge on any atom is 0.0939 e. The molecule has 0 spiro atoms. The van der Waals surface area contributed by atoms with Gasteiger partial charge in [-0.1, -0.05) is 127 Å². The van der Waals surface area contributed by atoms with Crippen LogP contribution in [-0.4, -0.2) is 4.98 Å². The van der Waals surface area contributed by atoms with Gasteiger partial charge >= 0.3 is 0 Å². The number of pyridine rings is 1. The lowest BCUT2D eigenvalue weighted by molar-refractivity contribution is 0.331. The summed E-state index contributed by atoms with van der Waals surface area (Å²) in [4.78, 5) is 4.86. The summed E-state index contributed by atoms with van der Waals surface area (Å²) in [5, 5.41) is 4.76. The van der Waals surface area contributed by atoms with Crippen molar-refractivity contribution in [3.05, 3.63) is 151 Å². The van der Waals surface area contributed by atoms with Gasteiger partial charge in [-0.05, 0) is 12.1 Å². The maximum atomic E-state index is 6.49. The highest BCUT2D eigenvalue weighted by Gasteiger charge is 2.17. The van der Waals surface area contributed by atoms with Gasteiger partial charge in [-0.2, -0.15) is 0 Å². The van der Waals surface area contributed by atoms with Crippen molar-refractivity contribution in [2.45, 2.75) is 13.2 Å². The summed E-state index contributed by atoms with van der Waals surface area (Å²) in [6, 6.07) is 47.7. The molecule has 0 aliphatic rings. The molecule has 3 nitrogen and oxygen atoms in total. The molecule has 0 atom stereocenters. The van der Waals surface area contributed by atoms with Crippen molar-refractivity contribution >= 4 is 37.5 Å². The number of nitrogens with zero attached hydrogens (tertiary/aromatic N) is 1. The van der Waals surface area contributed by atoms with Crippen molar-refractivity contribution in [2.75, 3.05) is 0 Å². The summed E-state index contributed by atoms with van der Waals surface area (Å²) in [6.45, 7) is 0.880. The fourth-order valence-electron chi connectivity index (χ4n) is 3.80. The van der Waals surface area contributed by atoms with Gasteiger partial charge in [0.15, 0.2) is 0 Å². The van der Waals surface area contributed by atoms with Crippen LogP contribution in [0.2, 0.25) is 0 Å². The first-order valence-corrected chi connectivity index (χ1v) is 14.4. The monoisotopic (exact) mass is 507 g/mol. The molecule has 5 aromatic rings. The topological polar surface area (TPSA) is 31.4 Å². The molecule has 4 aromatic carbocycles. The fraction of sp³-hybridized carbons (Fsp3) is 0.0645. The number of benzene rings is 4. The molecule has 36 heavy (non-hydrogen) atoms. The normalized spacial score (nSPS) is 11.2. The van der Waals surface area contributed by atoms with Gasteiger partial charge < -0.3 is 9.05 Å². The third-order valence-corrected chi connectivity index (χ3v) is 9.35. The van der Waals surface area contributed by atoms with E-state index in [1.54, 1.807) is 0 Å². The van der Waals surface area contributed by atoms with Gasteiger partial charge in [0, 0.05) is 21.2 Å². The molecule has 5 heteroatoms.